The van der Waals surface area contributed by atoms with Gasteiger partial charge in [-0.2, -0.15) is 0 Å². The van der Waals surface area contributed by atoms with Gasteiger partial charge in [0.15, 0.2) is 11.5 Å². The Hall–Kier alpha value is -3.32. The van der Waals surface area contributed by atoms with Crippen LogP contribution in [-0.4, -0.2) is 30.8 Å². The van der Waals surface area contributed by atoms with Crippen LogP contribution in [0.15, 0.2) is 48.5 Å². The van der Waals surface area contributed by atoms with E-state index in [4.69, 9.17) is 14.2 Å². The van der Waals surface area contributed by atoms with Gasteiger partial charge in [-0.3, -0.25) is 0 Å². The summed E-state index contributed by atoms with van der Waals surface area (Å²) in [5.41, 5.74) is 1.99. The summed E-state index contributed by atoms with van der Waals surface area (Å²) in [6, 6.07) is 16.6. The number of fused-ring (bicyclic) bond motifs is 1. The Morgan fingerprint density at radius 2 is 1.82 bits per heavy atom. The van der Waals surface area contributed by atoms with Crippen molar-refractivity contribution in [3.8, 4) is 27.7 Å². The lowest BCUT2D eigenvalue weighted by molar-refractivity contribution is 0.300. The molecule has 0 spiro atoms. The van der Waals surface area contributed by atoms with Gasteiger partial charge < -0.3 is 19.5 Å². The number of methoxy groups -OCH3 is 2. The Morgan fingerprint density at radius 3 is 2.59 bits per heavy atom. The molecule has 7 heteroatoms. The molecule has 6 nitrogen and oxygen atoms in total. The molecule has 0 amide bonds. The number of aromatic nitrogens is 2. The topological polar surface area (TPSA) is 65.5 Å². The van der Waals surface area contributed by atoms with Crippen LogP contribution in [0.25, 0.3) is 21.3 Å². The van der Waals surface area contributed by atoms with Crippen LogP contribution >= 0.6 is 11.3 Å². The molecule has 1 aliphatic rings. The van der Waals surface area contributed by atoms with Gasteiger partial charge in [-0.15, -0.1) is 11.3 Å². The average molecular weight is 476 g/mol. The molecule has 1 N–H and O–H groups in total. The number of nitrogens with zero attached hydrogens (tertiary/aromatic N) is 2. The van der Waals surface area contributed by atoms with E-state index in [-0.39, 0.29) is 6.04 Å². The molecule has 0 radical (unpaired) electrons. The predicted molar refractivity (Wildman–Crippen MR) is 137 cm³/mol. The van der Waals surface area contributed by atoms with Crippen molar-refractivity contribution in [1.29, 1.82) is 0 Å². The normalized spacial score (nSPS) is 14.1. The zero-order valence-electron chi connectivity index (χ0n) is 19.9. The molecule has 2 aromatic heterocycles. The molecule has 0 aliphatic heterocycles. The first-order chi connectivity index (χ1) is 16.5. The van der Waals surface area contributed by atoms with E-state index in [2.05, 4.69) is 52.5 Å². The molecule has 1 aliphatic carbocycles. The first-order valence-corrected chi connectivity index (χ1v) is 12.4. The van der Waals surface area contributed by atoms with Crippen LogP contribution in [0.2, 0.25) is 0 Å². The highest BCUT2D eigenvalue weighted by Gasteiger charge is 2.22. The fourth-order valence-electron chi connectivity index (χ4n) is 3.94. The van der Waals surface area contributed by atoms with Crippen molar-refractivity contribution in [3.63, 3.8) is 0 Å². The van der Waals surface area contributed by atoms with E-state index in [0.717, 1.165) is 35.0 Å². The van der Waals surface area contributed by atoms with Crippen molar-refractivity contribution >= 4 is 28.1 Å². The first-order valence-electron chi connectivity index (χ1n) is 11.5. The summed E-state index contributed by atoms with van der Waals surface area (Å²) in [5.74, 6) is 4.47. The van der Waals surface area contributed by atoms with Gasteiger partial charge in [-0.1, -0.05) is 12.1 Å². The minimum absolute atomic E-state index is 0.0682. The van der Waals surface area contributed by atoms with Gasteiger partial charge in [0, 0.05) is 21.2 Å². The molecule has 34 heavy (non-hydrogen) atoms. The van der Waals surface area contributed by atoms with E-state index in [0.29, 0.717) is 17.3 Å². The third kappa shape index (κ3) is 4.80. The summed E-state index contributed by atoms with van der Waals surface area (Å²) in [4.78, 5) is 11.7. The monoisotopic (exact) mass is 475 g/mol. The summed E-state index contributed by atoms with van der Waals surface area (Å²) >= 11 is 1.78. The Balaban J connectivity index is 1.38. The molecule has 0 unspecified atom stereocenters. The molecule has 1 saturated carbocycles. The summed E-state index contributed by atoms with van der Waals surface area (Å²) < 4.78 is 16.9. The van der Waals surface area contributed by atoms with E-state index >= 15 is 0 Å². The van der Waals surface area contributed by atoms with Crippen LogP contribution in [0.4, 0.5) is 5.82 Å². The highest BCUT2D eigenvalue weighted by molar-refractivity contribution is 7.15. The number of benzene rings is 2. The Bertz CT molecular complexity index is 1320. The zero-order valence-corrected chi connectivity index (χ0v) is 20.7. The highest BCUT2D eigenvalue weighted by Crippen LogP contribution is 2.37. The number of anilines is 1. The van der Waals surface area contributed by atoms with Crippen LogP contribution in [0.3, 0.4) is 0 Å². The standard InChI is InChI=1S/C27H29N3O3S/c1-16(28-27-21-13-23(31-3)24(32-4)14-22(21)29-17(2)30-27)25-10-11-26(34-25)19-6-5-7-20(12-19)33-15-18-8-9-18/h5-7,10-14,16,18H,8-9,15H2,1-4H3,(H,28,29,30)/t16-/m0/s1. The predicted octanol–water partition coefficient (Wildman–Crippen LogP) is 6.65. The van der Waals surface area contributed by atoms with Crippen LogP contribution in [0.1, 0.15) is 36.5 Å². The summed E-state index contributed by atoms with van der Waals surface area (Å²) in [6.07, 6.45) is 2.58. The molecule has 1 atom stereocenters. The van der Waals surface area contributed by atoms with Crippen LogP contribution < -0.4 is 19.5 Å². The van der Waals surface area contributed by atoms with Gasteiger partial charge in [-0.25, -0.2) is 9.97 Å². The van der Waals surface area contributed by atoms with E-state index in [1.165, 1.54) is 28.2 Å². The zero-order chi connectivity index (χ0) is 23.7. The highest BCUT2D eigenvalue weighted by atomic mass is 32.1. The second kappa shape index (κ2) is 9.50. The SMILES string of the molecule is COc1cc2nc(C)nc(N[C@@H](C)c3ccc(-c4cccc(OCC5CC5)c4)s3)c2cc1OC. The van der Waals surface area contributed by atoms with Crippen molar-refractivity contribution in [2.45, 2.75) is 32.7 Å². The molecule has 4 aromatic rings. The number of rotatable bonds is 9. The van der Waals surface area contributed by atoms with Crippen molar-refractivity contribution < 1.29 is 14.2 Å². The molecule has 5 rings (SSSR count). The number of nitrogens with one attached hydrogen (secondary N) is 1. The van der Waals surface area contributed by atoms with E-state index in [1.807, 2.05) is 25.1 Å². The molecule has 2 aromatic carbocycles. The lowest BCUT2D eigenvalue weighted by Crippen LogP contribution is -2.08. The molecule has 1 fully saturated rings. The molecular weight excluding hydrogens is 446 g/mol. The molecule has 176 valence electrons. The van der Waals surface area contributed by atoms with E-state index in [9.17, 15) is 0 Å². The second-order valence-electron chi connectivity index (χ2n) is 8.69. The van der Waals surface area contributed by atoms with Gasteiger partial charge in [0.1, 0.15) is 17.4 Å². The molecule has 0 saturated heterocycles. The van der Waals surface area contributed by atoms with Gasteiger partial charge in [-0.05, 0) is 68.5 Å². The minimum atomic E-state index is 0.0682. The summed E-state index contributed by atoms with van der Waals surface area (Å²) in [7, 11) is 3.26. The number of thiophene rings is 1. The van der Waals surface area contributed by atoms with E-state index in [1.54, 1.807) is 25.6 Å². The number of hydrogen-bond donors (Lipinski definition) is 1. The van der Waals surface area contributed by atoms with Crippen LogP contribution in [-0.2, 0) is 0 Å². The van der Waals surface area contributed by atoms with Crippen molar-refractivity contribution in [1.82, 2.24) is 9.97 Å². The van der Waals surface area contributed by atoms with Crippen LogP contribution in [0, 0.1) is 12.8 Å². The number of ether oxygens (including phenoxy) is 3. The second-order valence-corrected chi connectivity index (χ2v) is 9.81. The fourth-order valence-corrected chi connectivity index (χ4v) is 4.94. The third-order valence-corrected chi connectivity index (χ3v) is 7.34. The van der Waals surface area contributed by atoms with Gasteiger partial charge >= 0.3 is 0 Å². The maximum Gasteiger partial charge on any atom is 0.162 e. The maximum atomic E-state index is 5.97. The van der Waals surface area contributed by atoms with Crippen molar-refractivity contribution in [3.05, 3.63) is 59.2 Å². The summed E-state index contributed by atoms with van der Waals surface area (Å²) in [5, 5.41) is 4.48. The van der Waals surface area contributed by atoms with Gasteiger partial charge in [0.05, 0.1) is 32.4 Å². The van der Waals surface area contributed by atoms with Crippen LogP contribution in [0.5, 0.6) is 17.2 Å². The lowest BCUT2D eigenvalue weighted by atomic mass is 10.1. The quantitative estimate of drug-likeness (QED) is 0.292. The number of hydrogen-bond acceptors (Lipinski definition) is 7. The molecule has 0 bridgehead atoms. The molecule has 2 heterocycles. The largest absolute Gasteiger partial charge is 0.493 e. The third-order valence-electron chi connectivity index (χ3n) is 6.02. The van der Waals surface area contributed by atoms with Crippen molar-refractivity contribution in [2.24, 2.45) is 5.92 Å². The number of aryl methyl sites for hydroxylation is 1. The van der Waals surface area contributed by atoms with E-state index < -0.39 is 0 Å². The van der Waals surface area contributed by atoms with Crippen molar-refractivity contribution in [2.75, 3.05) is 26.1 Å². The van der Waals surface area contributed by atoms with Gasteiger partial charge in [0.25, 0.3) is 0 Å². The first kappa shape index (κ1) is 22.5. The minimum Gasteiger partial charge on any atom is -0.493 e. The smallest absolute Gasteiger partial charge is 0.162 e. The summed E-state index contributed by atoms with van der Waals surface area (Å²) in [6.45, 7) is 4.87. The average Bonchev–Trinajstić information content (AvgIpc) is 3.55. The lowest BCUT2D eigenvalue weighted by Gasteiger charge is -2.16. The Labute approximate surface area is 203 Å². The van der Waals surface area contributed by atoms with Gasteiger partial charge in [0.2, 0.25) is 0 Å². The Kier molecular flexibility index (Phi) is 6.28. The maximum absolute atomic E-state index is 5.97. The molecular formula is C27H29N3O3S. The fraction of sp³-hybridized carbons (Fsp3) is 0.333. The Morgan fingerprint density at radius 1 is 1.03 bits per heavy atom.